The molecule has 70 valence electrons. The van der Waals surface area contributed by atoms with E-state index < -0.39 is 0 Å². The molecule has 0 bridgehead atoms. The van der Waals surface area contributed by atoms with Gasteiger partial charge in [-0.05, 0) is 13.0 Å². The number of carbonyl (C=O) groups is 1. The van der Waals surface area contributed by atoms with Gasteiger partial charge in [0.25, 0.3) is 5.91 Å². The molecule has 2 N–H and O–H groups in total. The molecule has 4 heteroatoms. The lowest BCUT2D eigenvalue weighted by Gasteiger charge is -2.14. The molecule has 0 aliphatic heterocycles. The van der Waals surface area contributed by atoms with E-state index in [0.717, 1.165) is 0 Å². The molecule has 1 amide bonds. The van der Waals surface area contributed by atoms with E-state index in [9.17, 15) is 4.79 Å². The van der Waals surface area contributed by atoms with Crippen LogP contribution in [0, 0.1) is 0 Å². The summed E-state index contributed by atoms with van der Waals surface area (Å²) in [6, 6.07) is 1.62. The molecule has 1 aromatic rings. The molecule has 13 heavy (non-hydrogen) atoms. The standard InChI is InChI=1S/C9H13N3O/c1-3-12(2)9(13)7-6-11-5-4-8(7)10/h4-6H,3H2,1-2H3,(H2,10,11). The van der Waals surface area contributed by atoms with Crippen molar-refractivity contribution in [3.63, 3.8) is 0 Å². The van der Waals surface area contributed by atoms with Crippen molar-refractivity contribution in [2.75, 3.05) is 19.3 Å². The Kier molecular flexibility index (Phi) is 2.84. The fraction of sp³-hybridized carbons (Fsp3) is 0.333. The zero-order chi connectivity index (χ0) is 9.84. The van der Waals surface area contributed by atoms with E-state index in [2.05, 4.69) is 4.98 Å². The fourth-order valence-corrected chi connectivity index (χ4v) is 0.933. The van der Waals surface area contributed by atoms with Gasteiger partial charge in [0.05, 0.1) is 5.56 Å². The van der Waals surface area contributed by atoms with Crippen LogP contribution in [0.3, 0.4) is 0 Å². The maximum absolute atomic E-state index is 11.6. The lowest BCUT2D eigenvalue weighted by atomic mass is 10.2. The summed E-state index contributed by atoms with van der Waals surface area (Å²) in [5.74, 6) is -0.0897. The molecule has 0 spiro atoms. The van der Waals surface area contributed by atoms with E-state index in [0.29, 0.717) is 17.8 Å². The number of nitrogen functional groups attached to an aromatic ring is 1. The first-order chi connectivity index (χ1) is 6.16. The van der Waals surface area contributed by atoms with E-state index in [-0.39, 0.29) is 5.91 Å². The van der Waals surface area contributed by atoms with Crippen LogP contribution in [0.1, 0.15) is 17.3 Å². The van der Waals surface area contributed by atoms with Crippen LogP contribution in [0.2, 0.25) is 0 Å². The van der Waals surface area contributed by atoms with E-state index in [1.54, 1.807) is 24.2 Å². The van der Waals surface area contributed by atoms with Crippen LogP contribution in [0.5, 0.6) is 0 Å². The van der Waals surface area contributed by atoms with Crippen molar-refractivity contribution in [2.45, 2.75) is 6.92 Å². The number of rotatable bonds is 2. The summed E-state index contributed by atoms with van der Waals surface area (Å²) in [6.07, 6.45) is 3.06. The molecule has 0 unspecified atom stereocenters. The van der Waals surface area contributed by atoms with Gasteiger partial charge in [-0.15, -0.1) is 0 Å². The second kappa shape index (κ2) is 3.89. The Morgan fingerprint density at radius 3 is 2.92 bits per heavy atom. The topological polar surface area (TPSA) is 59.2 Å². The first-order valence-corrected chi connectivity index (χ1v) is 4.11. The number of hydrogen-bond donors (Lipinski definition) is 1. The third kappa shape index (κ3) is 1.96. The van der Waals surface area contributed by atoms with Crippen molar-refractivity contribution in [1.82, 2.24) is 9.88 Å². The number of anilines is 1. The molecular weight excluding hydrogens is 166 g/mol. The molecular formula is C9H13N3O. The maximum atomic E-state index is 11.6. The number of amides is 1. The maximum Gasteiger partial charge on any atom is 0.257 e. The van der Waals surface area contributed by atoms with Crippen molar-refractivity contribution in [2.24, 2.45) is 0 Å². The summed E-state index contributed by atoms with van der Waals surface area (Å²) in [6.45, 7) is 2.57. The van der Waals surface area contributed by atoms with E-state index >= 15 is 0 Å². The SMILES string of the molecule is CCN(C)C(=O)c1cnccc1N. The van der Waals surface area contributed by atoms with Crippen molar-refractivity contribution in [3.8, 4) is 0 Å². The molecule has 0 saturated heterocycles. The minimum Gasteiger partial charge on any atom is -0.398 e. The number of carbonyl (C=O) groups excluding carboxylic acids is 1. The monoisotopic (exact) mass is 179 g/mol. The lowest BCUT2D eigenvalue weighted by Crippen LogP contribution is -2.27. The Hall–Kier alpha value is -1.58. The highest BCUT2D eigenvalue weighted by atomic mass is 16.2. The molecule has 0 saturated carbocycles. The van der Waals surface area contributed by atoms with Crippen LogP contribution < -0.4 is 5.73 Å². The molecule has 1 heterocycles. The number of nitrogens with zero attached hydrogens (tertiary/aromatic N) is 2. The predicted octanol–water partition coefficient (Wildman–Crippen LogP) is 0.756. The molecule has 1 rings (SSSR count). The van der Waals surface area contributed by atoms with Gasteiger partial charge in [0, 0.05) is 31.7 Å². The molecule has 0 atom stereocenters. The Balaban J connectivity index is 2.95. The van der Waals surface area contributed by atoms with E-state index in [1.807, 2.05) is 6.92 Å². The molecule has 0 aliphatic carbocycles. The Labute approximate surface area is 77.4 Å². The minimum absolute atomic E-state index is 0.0897. The smallest absolute Gasteiger partial charge is 0.257 e. The van der Waals surface area contributed by atoms with Gasteiger partial charge in [0.1, 0.15) is 0 Å². The number of hydrogen-bond acceptors (Lipinski definition) is 3. The van der Waals surface area contributed by atoms with Crippen LogP contribution in [0.25, 0.3) is 0 Å². The second-order valence-corrected chi connectivity index (χ2v) is 2.78. The molecule has 4 nitrogen and oxygen atoms in total. The molecule has 0 aliphatic rings. The zero-order valence-electron chi connectivity index (χ0n) is 7.82. The number of nitrogens with two attached hydrogens (primary N) is 1. The zero-order valence-corrected chi connectivity index (χ0v) is 7.82. The van der Waals surface area contributed by atoms with Gasteiger partial charge in [-0.2, -0.15) is 0 Å². The van der Waals surface area contributed by atoms with Crippen molar-refractivity contribution in [3.05, 3.63) is 24.0 Å². The number of pyridine rings is 1. The quantitative estimate of drug-likeness (QED) is 0.729. The first-order valence-electron chi connectivity index (χ1n) is 4.11. The van der Waals surface area contributed by atoms with Gasteiger partial charge < -0.3 is 10.6 Å². The third-order valence-electron chi connectivity index (χ3n) is 1.91. The van der Waals surface area contributed by atoms with Crippen LogP contribution in [0.4, 0.5) is 5.69 Å². The molecule has 1 aromatic heterocycles. The molecule has 0 radical (unpaired) electrons. The predicted molar refractivity (Wildman–Crippen MR) is 51.3 cm³/mol. The minimum atomic E-state index is -0.0897. The molecule has 0 fully saturated rings. The molecule has 0 aromatic carbocycles. The summed E-state index contributed by atoms with van der Waals surface area (Å²) in [7, 11) is 1.73. The average Bonchev–Trinajstić information content (AvgIpc) is 2.16. The summed E-state index contributed by atoms with van der Waals surface area (Å²) in [5, 5.41) is 0. The largest absolute Gasteiger partial charge is 0.398 e. The van der Waals surface area contributed by atoms with E-state index in [4.69, 9.17) is 5.73 Å². The third-order valence-corrected chi connectivity index (χ3v) is 1.91. The van der Waals surface area contributed by atoms with Crippen LogP contribution >= 0.6 is 0 Å². The van der Waals surface area contributed by atoms with Crippen LogP contribution in [-0.4, -0.2) is 29.4 Å². The first kappa shape index (κ1) is 9.51. The van der Waals surface area contributed by atoms with Gasteiger partial charge in [0.2, 0.25) is 0 Å². The van der Waals surface area contributed by atoms with Crippen molar-refractivity contribution >= 4 is 11.6 Å². The van der Waals surface area contributed by atoms with Gasteiger partial charge in [-0.25, -0.2) is 0 Å². The summed E-state index contributed by atoms with van der Waals surface area (Å²) < 4.78 is 0. The number of aromatic nitrogens is 1. The van der Waals surface area contributed by atoms with Gasteiger partial charge in [0.15, 0.2) is 0 Å². The highest BCUT2D eigenvalue weighted by molar-refractivity contribution is 5.98. The Morgan fingerprint density at radius 2 is 2.38 bits per heavy atom. The lowest BCUT2D eigenvalue weighted by molar-refractivity contribution is 0.0803. The summed E-state index contributed by atoms with van der Waals surface area (Å²) in [5.41, 5.74) is 6.56. The van der Waals surface area contributed by atoms with Crippen LogP contribution in [-0.2, 0) is 0 Å². The van der Waals surface area contributed by atoms with Gasteiger partial charge >= 0.3 is 0 Å². The average molecular weight is 179 g/mol. The van der Waals surface area contributed by atoms with Crippen LogP contribution in [0.15, 0.2) is 18.5 Å². The second-order valence-electron chi connectivity index (χ2n) is 2.78. The van der Waals surface area contributed by atoms with Gasteiger partial charge in [-0.3, -0.25) is 9.78 Å². The highest BCUT2D eigenvalue weighted by Gasteiger charge is 2.12. The fourth-order valence-electron chi connectivity index (χ4n) is 0.933. The van der Waals surface area contributed by atoms with Gasteiger partial charge in [-0.1, -0.05) is 0 Å². The van der Waals surface area contributed by atoms with Crippen molar-refractivity contribution < 1.29 is 4.79 Å². The summed E-state index contributed by atoms with van der Waals surface area (Å²) >= 11 is 0. The Morgan fingerprint density at radius 1 is 1.69 bits per heavy atom. The Bertz CT molecular complexity index is 311. The highest BCUT2D eigenvalue weighted by Crippen LogP contribution is 2.10. The van der Waals surface area contributed by atoms with E-state index in [1.165, 1.54) is 6.20 Å². The summed E-state index contributed by atoms with van der Waals surface area (Å²) in [4.78, 5) is 17.0. The normalized spacial score (nSPS) is 9.69. The van der Waals surface area contributed by atoms with Crippen molar-refractivity contribution in [1.29, 1.82) is 0 Å².